The smallest absolute Gasteiger partial charge is 0.407 e. The van der Waals surface area contributed by atoms with E-state index in [4.69, 9.17) is 4.74 Å². The van der Waals surface area contributed by atoms with Crippen LogP contribution in [0.4, 0.5) is 9.18 Å². The van der Waals surface area contributed by atoms with Crippen LogP contribution in [0.1, 0.15) is 38.7 Å². The van der Waals surface area contributed by atoms with Gasteiger partial charge in [0.15, 0.2) is 0 Å². The van der Waals surface area contributed by atoms with E-state index in [2.05, 4.69) is 10.6 Å². The Morgan fingerprint density at radius 1 is 1.33 bits per heavy atom. The number of nitrogens with one attached hydrogen (secondary N) is 2. The molecule has 0 unspecified atom stereocenters. The van der Waals surface area contributed by atoms with Gasteiger partial charge in [-0.1, -0.05) is 12.1 Å². The Bertz CT molecular complexity index is 482. The fraction of sp³-hybridized carbons (Fsp3) is 0.562. The van der Waals surface area contributed by atoms with Crippen molar-refractivity contribution >= 4 is 6.09 Å². The highest BCUT2D eigenvalue weighted by Gasteiger charge is 2.29. The van der Waals surface area contributed by atoms with Crippen LogP contribution in [0.5, 0.6) is 0 Å². The van der Waals surface area contributed by atoms with E-state index >= 15 is 0 Å². The van der Waals surface area contributed by atoms with E-state index in [-0.39, 0.29) is 17.8 Å². The van der Waals surface area contributed by atoms with Crippen LogP contribution < -0.4 is 10.6 Å². The third-order valence-electron chi connectivity index (χ3n) is 3.48. The number of ether oxygens (including phenoxy) is 1. The molecule has 1 aromatic carbocycles. The molecule has 2 atom stereocenters. The summed E-state index contributed by atoms with van der Waals surface area (Å²) < 4.78 is 18.4. The number of alkyl carbamates (subject to hydrolysis) is 1. The number of rotatable bonds is 2. The Labute approximate surface area is 125 Å². The zero-order chi connectivity index (χ0) is 15.5. The Balaban J connectivity index is 2.05. The molecule has 1 aliphatic rings. The summed E-state index contributed by atoms with van der Waals surface area (Å²) in [5, 5.41) is 6.19. The van der Waals surface area contributed by atoms with Crippen LogP contribution in [0.3, 0.4) is 0 Å². The number of amides is 1. The molecule has 2 N–H and O–H groups in total. The van der Waals surface area contributed by atoms with Crippen molar-refractivity contribution < 1.29 is 13.9 Å². The molecule has 0 radical (unpaired) electrons. The molecule has 2 rings (SSSR count). The molecule has 1 fully saturated rings. The van der Waals surface area contributed by atoms with Gasteiger partial charge in [-0.3, -0.25) is 0 Å². The minimum atomic E-state index is -0.516. The molecule has 1 heterocycles. The molecule has 1 saturated heterocycles. The van der Waals surface area contributed by atoms with E-state index in [0.29, 0.717) is 6.54 Å². The van der Waals surface area contributed by atoms with Crippen LogP contribution in [-0.2, 0) is 4.74 Å². The van der Waals surface area contributed by atoms with E-state index in [9.17, 15) is 9.18 Å². The van der Waals surface area contributed by atoms with Crippen LogP contribution in [0.2, 0.25) is 0 Å². The first-order chi connectivity index (χ1) is 9.85. The maximum atomic E-state index is 13.0. The van der Waals surface area contributed by atoms with Crippen LogP contribution in [-0.4, -0.2) is 30.8 Å². The Morgan fingerprint density at radius 3 is 2.62 bits per heavy atom. The SMILES string of the molecule is CC(C)(C)OC(=O)N[C@H]1CNCC[C@@H]1c1ccc(F)cc1. The number of hydrogen-bond donors (Lipinski definition) is 2. The van der Waals surface area contributed by atoms with Crippen molar-refractivity contribution in [1.29, 1.82) is 0 Å². The van der Waals surface area contributed by atoms with Gasteiger partial charge in [0, 0.05) is 12.5 Å². The normalized spacial score (nSPS) is 22.7. The summed E-state index contributed by atoms with van der Waals surface area (Å²) >= 11 is 0. The Hall–Kier alpha value is -1.62. The first-order valence-electron chi connectivity index (χ1n) is 7.31. The highest BCUT2D eigenvalue weighted by Crippen LogP contribution is 2.26. The van der Waals surface area contributed by atoms with Gasteiger partial charge in [-0.2, -0.15) is 0 Å². The van der Waals surface area contributed by atoms with E-state index in [1.165, 1.54) is 12.1 Å². The second-order valence-corrected chi connectivity index (χ2v) is 6.40. The minimum Gasteiger partial charge on any atom is -0.444 e. The second kappa shape index (κ2) is 6.43. The third-order valence-corrected chi connectivity index (χ3v) is 3.48. The van der Waals surface area contributed by atoms with Gasteiger partial charge in [0.05, 0.1) is 6.04 Å². The van der Waals surface area contributed by atoms with Gasteiger partial charge >= 0.3 is 6.09 Å². The van der Waals surface area contributed by atoms with Gasteiger partial charge in [-0.05, 0) is 51.4 Å². The lowest BCUT2D eigenvalue weighted by molar-refractivity contribution is 0.0489. The summed E-state index contributed by atoms with van der Waals surface area (Å²) in [5.41, 5.74) is 0.524. The molecule has 0 spiro atoms. The van der Waals surface area contributed by atoms with Crippen LogP contribution in [0, 0.1) is 5.82 Å². The molecule has 0 aromatic heterocycles. The fourth-order valence-electron chi connectivity index (χ4n) is 2.58. The third kappa shape index (κ3) is 4.70. The predicted octanol–water partition coefficient (Wildman–Crippen LogP) is 2.80. The fourth-order valence-corrected chi connectivity index (χ4v) is 2.58. The van der Waals surface area contributed by atoms with Crippen molar-refractivity contribution in [2.45, 2.75) is 44.8 Å². The molecule has 116 valence electrons. The lowest BCUT2D eigenvalue weighted by atomic mass is 9.86. The number of halogens is 1. The van der Waals surface area contributed by atoms with Crippen molar-refractivity contribution in [3.05, 3.63) is 35.6 Å². The van der Waals surface area contributed by atoms with E-state index in [1.54, 1.807) is 12.1 Å². The molecule has 0 saturated carbocycles. The van der Waals surface area contributed by atoms with E-state index in [1.807, 2.05) is 20.8 Å². The summed E-state index contributed by atoms with van der Waals surface area (Å²) in [5.74, 6) is -0.0799. The van der Waals surface area contributed by atoms with Crippen molar-refractivity contribution in [3.8, 4) is 0 Å². The molecule has 0 aliphatic carbocycles. The highest BCUT2D eigenvalue weighted by molar-refractivity contribution is 5.68. The molecular weight excluding hydrogens is 271 g/mol. The number of hydrogen-bond acceptors (Lipinski definition) is 3. The summed E-state index contributed by atoms with van der Waals surface area (Å²) in [6, 6.07) is 6.44. The van der Waals surface area contributed by atoms with Crippen LogP contribution in [0.25, 0.3) is 0 Å². The van der Waals surface area contributed by atoms with Crippen molar-refractivity contribution in [2.75, 3.05) is 13.1 Å². The van der Waals surface area contributed by atoms with Gasteiger partial charge in [0.2, 0.25) is 0 Å². The molecular formula is C16H23FN2O2. The lowest BCUT2D eigenvalue weighted by Gasteiger charge is -2.33. The molecule has 5 heteroatoms. The van der Waals surface area contributed by atoms with Gasteiger partial charge < -0.3 is 15.4 Å². The molecule has 21 heavy (non-hydrogen) atoms. The average Bonchev–Trinajstić information content (AvgIpc) is 2.38. The number of benzene rings is 1. The molecule has 0 bridgehead atoms. The Kier molecular flexibility index (Phi) is 4.83. The molecule has 1 aromatic rings. The highest BCUT2D eigenvalue weighted by atomic mass is 19.1. The second-order valence-electron chi connectivity index (χ2n) is 6.40. The largest absolute Gasteiger partial charge is 0.444 e. The Morgan fingerprint density at radius 2 is 2.00 bits per heavy atom. The molecule has 1 aliphatic heterocycles. The number of carbonyl (C=O) groups is 1. The number of carbonyl (C=O) groups excluding carboxylic acids is 1. The van der Waals surface area contributed by atoms with Crippen LogP contribution >= 0.6 is 0 Å². The average molecular weight is 294 g/mol. The first-order valence-corrected chi connectivity index (χ1v) is 7.31. The van der Waals surface area contributed by atoms with Crippen LogP contribution in [0.15, 0.2) is 24.3 Å². The minimum absolute atomic E-state index is 0.0564. The number of piperidine rings is 1. The van der Waals surface area contributed by atoms with Crippen molar-refractivity contribution in [1.82, 2.24) is 10.6 Å². The summed E-state index contributed by atoms with van der Waals surface area (Å²) in [4.78, 5) is 11.9. The predicted molar refractivity (Wildman–Crippen MR) is 79.8 cm³/mol. The van der Waals surface area contributed by atoms with Crippen molar-refractivity contribution in [3.63, 3.8) is 0 Å². The van der Waals surface area contributed by atoms with Gasteiger partial charge in [-0.25, -0.2) is 9.18 Å². The van der Waals surface area contributed by atoms with Gasteiger partial charge in [0.1, 0.15) is 11.4 Å². The summed E-state index contributed by atoms with van der Waals surface area (Å²) in [6.07, 6.45) is 0.481. The van der Waals surface area contributed by atoms with E-state index in [0.717, 1.165) is 18.5 Å². The molecule has 1 amide bonds. The molecule has 4 nitrogen and oxygen atoms in total. The lowest BCUT2D eigenvalue weighted by Crippen LogP contribution is -2.51. The zero-order valence-corrected chi connectivity index (χ0v) is 12.8. The standard InChI is InChI=1S/C16H23FN2O2/c1-16(2,3)21-15(20)19-14-10-18-9-8-13(14)11-4-6-12(17)7-5-11/h4-7,13-14,18H,8-10H2,1-3H3,(H,19,20)/t13-,14+/m1/s1. The zero-order valence-electron chi connectivity index (χ0n) is 12.8. The first kappa shape index (κ1) is 15.8. The topological polar surface area (TPSA) is 50.4 Å². The monoisotopic (exact) mass is 294 g/mol. The van der Waals surface area contributed by atoms with Gasteiger partial charge in [0.25, 0.3) is 0 Å². The quantitative estimate of drug-likeness (QED) is 0.882. The van der Waals surface area contributed by atoms with Gasteiger partial charge in [-0.15, -0.1) is 0 Å². The maximum Gasteiger partial charge on any atom is 0.407 e. The summed E-state index contributed by atoms with van der Waals surface area (Å²) in [7, 11) is 0. The summed E-state index contributed by atoms with van der Waals surface area (Å²) in [6.45, 7) is 7.07. The van der Waals surface area contributed by atoms with Crippen molar-refractivity contribution in [2.24, 2.45) is 0 Å². The van der Waals surface area contributed by atoms with E-state index < -0.39 is 11.7 Å². The maximum absolute atomic E-state index is 13.0.